The van der Waals surface area contributed by atoms with Gasteiger partial charge in [-0.2, -0.15) is 0 Å². The Hall–Kier alpha value is -2.96. The van der Waals surface area contributed by atoms with Gasteiger partial charge in [0.25, 0.3) is 0 Å². The first-order chi connectivity index (χ1) is 13.8. The van der Waals surface area contributed by atoms with E-state index in [2.05, 4.69) is 0 Å². The molecule has 4 rings (SSSR count). The van der Waals surface area contributed by atoms with Crippen LogP contribution in [0.2, 0.25) is 0 Å². The van der Waals surface area contributed by atoms with E-state index >= 15 is 0 Å². The Labute approximate surface area is 168 Å². The maximum Gasteiger partial charge on any atom is 0.190 e. The van der Waals surface area contributed by atoms with Gasteiger partial charge in [0, 0.05) is 11.1 Å². The zero-order valence-electron chi connectivity index (χ0n) is 15.7. The SMILES string of the molecule is OC1(O)C=CC(c2ccccc2)=C(OC2=C(c3ccccc3)C=CC(O)(O)C2)C1. The summed E-state index contributed by atoms with van der Waals surface area (Å²) in [5.41, 5.74) is 3.14. The van der Waals surface area contributed by atoms with Crippen molar-refractivity contribution in [2.24, 2.45) is 0 Å². The molecule has 0 atom stereocenters. The molecule has 5 heteroatoms. The number of rotatable bonds is 4. The van der Waals surface area contributed by atoms with Gasteiger partial charge in [0.15, 0.2) is 11.6 Å². The minimum absolute atomic E-state index is 0.160. The standard InChI is InChI=1S/C24H22O5/c25-23(26)13-11-19(17-7-3-1-4-8-17)21(15-23)29-22-16-24(27,28)14-12-20(22)18-9-5-2-6-10-18/h1-14,25-28H,15-16H2. The molecular formula is C24H22O5. The summed E-state index contributed by atoms with van der Waals surface area (Å²) in [5.74, 6) is -3.39. The Morgan fingerprint density at radius 1 is 0.586 bits per heavy atom. The number of ether oxygens (including phenoxy) is 1. The minimum Gasteiger partial charge on any atom is -0.464 e. The summed E-state index contributed by atoms with van der Waals surface area (Å²) in [6.07, 6.45) is 5.54. The van der Waals surface area contributed by atoms with Crippen LogP contribution >= 0.6 is 0 Å². The first kappa shape index (κ1) is 19.4. The van der Waals surface area contributed by atoms with E-state index in [0.29, 0.717) is 22.7 Å². The summed E-state index contributed by atoms with van der Waals surface area (Å²) in [6, 6.07) is 19.0. The molecule has 2 aliphatic rings. The predicted octanol–water partition coefficient (Wildman–Crippen LogP) is 3.11. The van der Waals surface area contributed by atoms with Crippen molar-refractivity contribution in [1.29, 1.82) is 0 Å². The van der Waals surface area contributed by atoms with Crippen molar-refractivity contribution in [2.75, 3.05) is 0 Å². The van der Waals surface area contributed by atoms with Crippen molar-refractivity contribution in [3.63, 3.8) is 0 Å². The molecule has 2 aromatic rings. The smallest absolute Gasteiger partial charge is 0.190 e. The lowest BCUT2D eigenvalue weighted by molar-refractivity contribution is -0.129. The molecule has 148 valence electrons. The topological polar surface area (TPSA) is 90.2 Å². The first-order valence-corrected chi connectivity index (χ1v) is 9.36. The Kier molecular flexibility index (Phi) is 4.98. The van der Waals surface area contributed by atoms with Crippen molar-refractivity contribution in [3.05, 3.63) is 108 Å². The maximum atomic E-state index is 10.2. The fraction of sp³-hybridized carbons (Fsp3) is 0.167. The van der Waals surface area contributed by atoms with Gasteiger partial charge in [-0.15, -0.1) is 0 Å². The molecule has 0 fully saturated rings. The van der Waals surface area contributed by atoms with E-state index in [1.165, 1.54) is 12.2 Å². The van der Waals surface area contributed by atoms with Crippen LogP contribution in [0.15, 0.2) is 96.5 Å². The summed E-state index contributed by atoms with van der Waals surface area (Å²) in [4.78, 5) is 0. The minimum atomic E-state index is -2.04. The van der Waals surface area contributed by atoms with Crippen LogP contribution in [0.25, 0.3) is 11.1 Å². The van der Waals surface area contributed by atoms with Crippen molar-refractivity contribution < 1.29 is 25.2 Å². The second-order valence-corrected chi connectivity index (χ2v) is 7.29. The molecule has 2 aromatic carbocycles. The van der Waals surface area contributed by atoms with Gasteiger partial charge in [0.05, 0.1) is 12.8 Å². The molecule has 4 N–H and O–H groups in total. The number of allylic oxidation sites excluding steroid dienone is 4. The molecule has 2 aliphatic carbocycles. The van der Waals surface area contributed by atoms with E-state index in [0.717, 1.165) is 11.1 Å². The molecule has 0 bridgehead atoms. The Balaban J connectivity index is 1.80. The van der Waals surface area contributed by atoms with E-state index in [4.69, 9.17) is 4.74 Å². The summed E-state index contributed by atoms with van der Waals surface area (Å²) < 4.78 is 6.15. The Morgan fingerprint density at radius 2 is 0.966 bits per heavy atom. The quantitative estimate of drug-likeness (QED) is 0.603. The molecule has 0 heterocycles. The van der Waals surface area contributed by atoms with Crippen LogP contribution in [0.3, 0.4) is 0 Å². The monoisotopic (exact) mass is 390 g/mol. The van der Waals surface area contributed by atoms with Crippen molar-refractivity contribution in [2.45, 2.75) is 24.4 Å². The molecule has 0 amide bonds. The van der Waals surface area contributed by atoms with Crippen LogP contribution in [0, 0.1) is 0 Å². The van der Waals surface area contributed by atoms with E-state index in [1.54, 1.807) is 12.2 Å². The van der Waals surface area contributed by atoms with Crippen molar-refractivity contribution in [1.82, 2.24) is 0 Å². The summed E-state index contributed by atoms with van der Waals surface area (Å²) >= 11 is 0. The van der Waals surface area contributed by atoms with Crippen molar-refractivity contribution >= 4 is 11.1 Å². The largest absolute Gasteiger partial charge is 0.464 e. The second-order valence-electron chi connectivity index (χ2n) is 7.29. The highest BCUT2D eigenvalue weighted by molar-refractivity contribution is 5.79. The molecule has 0 saturated carbocycles. The Morgan fingerprint density at radius 3 is 1.34 bits per heavy atom. The molecular weight excluding hydrogens is 368 g/mol. The molecule has 5 nitrogen and oxygen atoms in total. The van der Waals surface area contributed by atoms with Crippen LogP contribution in [-0.4, -0.2) is 32.0 Å². The lowest BCUT2D eigenvalue weighted by atomic mass is 9.93. The summed E-state index contributed by atoms with van der Waals surface area (Å²) in [5, 5.41) is 40.6. The van der Waals surface area contributed by atoms with Gasteiger partial charge in [-0.25, -0.2) is 0 Å². The molecule has 0 radical (unpaired) electrons. The third-order valence-electron chi connectivity index (χ3n) is 4.89. The van der Waals surface area contributed by atoms with Crippen LogP contribution in [-0.2, 0) is 4.74 Å². The average Bonchev–Trinajstić information content (AvgIpc) is 2.68. The van der Waals surface area contributed by atoms with Gasteiger partial charge in [0.1, 0.15) is 11.5 Å². The normalized spacial score (nSPS) is 20.1. The van der Waals surface area contributed by atoms with E-state index < -0.39 is 11.6 Å². The predicted molar refractivity (Wildman–Crippen MR) is 110 cm³/mol. The van der Waals surface area contributed by atoms with E-state index in [-0.39, 0.29) is 12.8 Å². The highest BCUT2D eigenvalue weighted by atomic mass is 16.5. The van der Waals surface area contributed by atoms with Crippen LogP contribution < -0.4 is 0 Å². The van der Waals surface area contributed by atoms with Gasteiger partial charge in [-0.05, 0) is 35.4 Å². The van der Waals surface area contributed by atoms with Gasteiger partial charge in [0.2, 0.25) is 0 Å². The van der Waals surface area contributed by atoms with Gasteiger partial charge < -0.3 is 25.2 Å². The van der Waals surface area contributed by atoms with Crippen LogP contribution in [0.1, 0.15) is 24.0 Å². The van der Waals surface area contributed by atoms with Gasteiger partial charge in [-0.3, -0.25) is 0 Å². The number of hydrogen-bond donors (Lipinski definition) is 4. The van der Waals surface area contributed by atoms with Crippen LogP contribution in [0.4, 0.5) is 0 Å². The highest BCUT2D eigenvalue weighted by Crippen LogP contribution is 2.38. The van der Waals surface area contributed by atoms with Crippen molar-refractivity contribution in [3.8, 4) is 0 Å². The molecule has 0 aromatic heterocycles. The fourth-order valence-electron chi connectivity index (χ4n) is 3.48. The van der Waals surface area contributed by atoms with Gasteiger partial charge in [-0.1, -0.05) is 60.7 Å². The molecule has 29 heavy (non-hydrogen) atoms. The molecule has 0 unspecified atom stereocenters. The van der Waals surface area contributed by atoms with Crippen LogP contribution in [0.5, 0.6) is 0 Å². The highest BCUT2D eigenvalue weighted by Gasteiger charge is 2.33. The number of aliphatic hydroxyl groups is 4. The lowest BCUT2D eigenvalue weighted by Gasteiger charge is -2.30. The average molecular weight is 390 g/mol. The molecule has 0 aliphatic heterocycles. The zero-order chi connectivity index (χ0) is 20.5. The maximum absolute atomic E-state index is 10.2. The first-order valence-electron chi connectivity index (χ1n) is 9.36. The second kappa shape index (κ2) is 7.46. The van der Waals surface area contributed by atoms with E-state index in [1.807, 2.05) is 60.7 Å². The lowest BCUT2D eigenvalue weighted by Crippen LogP contribution is -2.31. The molecule has 0 saturated heterocycles. The zero-order valence-corrected chi connectivity index (χ0v) is 15.7. The van der Waals surface area contributed by atoms with E-state index in [9.17, 15) is 20.4 Å². The number of hydrogen-bond acceptors (Lipinski definition) is 5. The summed E-state index contributed by atoms with van der Waals surface area (Å²) in [7, 11) is 0. The Bertz CT molecular complexity index is 928. The third-order valence-corrected chi connectivity index (χ3v) is 4.89. The third kappa shape index (κ3) is 4.39. The summed E-state index contributed by atoms with van der Waals surface area (Å²) in [6.45, 7) is 0. The fourth-order valence-corrected chi connectivity index (χ4v) is 3.48. The number of benzene rings is 2. The van der Waals surface area contributed by atoms with Gasteiger partial charge >= 0.3 is 0 Å². The molecule has 0 spiro atoms.